The summed E-state index contributed by atoms with van der Waals surface area (Å²) in [5.74, 6) is -0.0173. The van der Waals surface area contributed by atoms with Crippen molar-refractivity contribution >= 4 is 22.9 Å². The number of amides is 1. The molecule has 5 heteroatoms. The fourth-order valence-electron chi connectivity index (χ4n) is 3.46. The lowest BCUT2D eigenvalue weighted by Gasteiger charge is -2.27. The fraction of sp³-hybridized carbons (Fsp3) is 0.500. The van der Waals surface area contributed by atoms with E-state index in [9.17, 15) is 4.79 Å². The molecule has 2 heterocycles. The first kappa shape index (κ1) is 18.1. The minimum Gasteiger partial charge on any atom is -0.372 e. The van der Waals surface area contributed by atoms with Crippen molar-refractivity contribution in [1.29, 1.82) is 0 Å². The topological polar surface area (TPSA) is 42.4 Å². The number of para-hydroxylation sites is 1. The smallest absolute Gasteiger partial charge is 0.277 e. The second-order valence-corrected chi connectivity index (χ2v) is 8.02. The molecule has 134 valence electrons. The Morgan fingerprint density at radius 2 is 2.16 bits per heavy atom. The SMILES string of the molecule is CCOC(C)c1nc(C(=O)N2CCCC(C)(C)c3ccccc32)cs1. The van der Waals surface area contributed by atoms with Crippen molar-refractivity contribution in [3.8, 4) is 0 Å². The van der Waals surface area contributed by atoms with Gasteiger partial charge < -0.3 is 9.64 Å². The van der Waals surface area contributed by atoms with E-state index in [1.165, 1.54) is 16.9 Å². The summed E-state index contributed by atoms with van der Waals surface area (Å²) in [5.41, 5.74) is 2.84. The van der Waals surface area contributed by atoms with Crippen LogP contribution in [0.1, 0.15) is 67.7 Å². The molecular weight excluding hydrogens is 332 g/mol. The van der Waals surface area contributed by atoms with E-state index in [2.05, 4.69) is 37.0 Å². The van der Waals surface area contributed by atoms with Gasteiger partial charge in [0.1, 0.15) is 16.8 Å². The Hall–Kier alpha value is -1.72. The first-order chi connectivity index (χ1) is 11.9. The molecule has 1 unspecified atom stereocenters. The highest BCUT2D eigenvalue weighted by Gasteiger charge is 2.32. The van der Waals surface area contributed by atoms with Crippen LogP contribution in [0.25, 0.3) is 0 Å². The molecule has 0 fully saturated rings. The summed E-state index contributed by atoms with van der Waals surface area (Å²) in [5, 5.41) is 2.71. The van der Waals surface area contributed by atoms with Crippen LogP contribution in [0, 0.1) is 0 Å². The molecule has 1 aromatic carbocycles. The summed E-state index contributed by atoms with van der Waals surface area (Å²) < 4.78 is 5.59. The summed E-state index contributed by atoms with van der Waals surface area (Å²) in [7, 11) is 0. The molecule has 1 amide bonds. The molecule has 1 aromatic heterocycles. The molecule has 0 radical (unpaired) electrons. The van der Waals surface area contributed by atoms with Crippen molar-refractivity contribution < 1.29 is 9.53 Å². The lowest BCUT2D eigenvalue weighted by Crippen LogP contribution is -2.32. The van der Waals surface area contributed by atoms with Crippen molar-refractivity contribution in [1.82, 2.24) is 4.98 Å². The number of ether oxygens (including phenoxy) is 1. The van der Waals surface area contributed by atoms with Crippen LogP contribution in [0.15, 0.2) is 29.6 Å². The molecule has 0 N–H and O–H groups in total. The lowest BCUT2D eigenvalue weighted by molar-refractivity contribution is 0.0760. The first-order valence-corrected chi connectivity index (χ1v) is 9.80. The summed E-state index contributed by atoms with van der Waals surface area (Å²) in [6.07, 6.45) is 1.98. The summed E-state index contributed by atoms with van der Waals surface area (Å²) in [6.45, 7) is 9.81. The minimum atomic E-state index is -0.0769. The van der Waals surface area contributed by atoms with E-state index in [-0.39, 0.29) is 17.4 Å². The van der Waals surface area contributed by atoms with Gasteiger partial charge in [-0.05, 0) is 43.7 Å². The van der Waals surface area contributed by atoms with Crippen molar-refractivity contribution in [2.24, 2.45) is 0 Å². The summed E-state index contributed by atoms with van der Waals surface area (Å²) in [4.78, 5) is 19.6. The van der Waals surface area contributed by atoms with Crippen LogP contribution in [0.2, 0.25) is 0 Å². The highest BCUT2D eigenvalue weighted by atomic mass is 32.1. The molecule has 0 saturated carbocycles. The van der Waals surface area contributed by atoms with Gasteiger partial charge in [-0.2, -0.15) is 0 Å². The molecule has 0 bridgehead atoms. The number of anilines is 1. The maximum Gasteiger partial charge on any atom is 0.277 e. The van der Waals surface area contributed by atoms with Crippen molar-refractivity contribution in [3.05, 3.63) is 45.9 Å². The number of fused-ring (bicyclic) bond motifs is 1. The number of benzene rings is 1. The minimum absolute atomic E-state index is 0.0173. The molecule has 1 atom stereocenters. The van der Waals surface area contributed by atoms with Gasteiger partial charge in [0.25, 0.3) is 5.91 Å². The number of carbonyl (C=O) groups excluding carboxylic acids is 1. The third kappa shape index (κ3) is 3.62. The molecule has 2 aromatic rings. The molecule has 0 aliphatic carbocycles. The Morgan fingerprint density at radius 1 is 1.40 bits per heavy atom. The highest BCUT2D eigenvalue weighted by Crippen LogP contribution is 2.39. The van der Waals surface area contributed by atoms with Crippen LogP contribution in [-0.2, 0) is 10.2 Å². The van der Waals surface area contributed by atoms with Crippen LogP contribution in [0.4, 0.5) is 5.69 Å². The highest BCUT2D eigenvalue weighted by molar-refractivity contribution is 7.09. The molecule has 4 nitrogen and oxygen atoms in total. The Morgan fingerprint density at radius 3 is 2.92 bits per heavy atom. The van der Waals surface area contributed by atoms with Crippen LogP contribution in [0.3, 0.4) is 0 Å². The number of hydrogen-bond acceptors (Lipinski definition) is 4. The average molecular weight is 359 g/mol. The third-order valence-corrected chi connectivity index (χ3v) is 5.86. The van der Waals surface area contributed by atoms with Crippen LogP contribution in [-0.4, -0.2) is 24.0 Å². The van der Waals surface area contributed by atoms with Gasteiger partial charge in [0.15, 0.2) is 0 Å². The van der Waals surface area contributed by atoms with E-state index in [1.807, 2.05) is 30.2 Å². The first-order valence-electron chi connectivity index (χ1n) is 8.92. The average Bonchev–Trinajstić information content (AvgIpc) is 3.04. The van der Waals surface area contributed by atoms with Gasteiger partial charge in [-0.1, -0.05) is 32.0 Å². The second-order valence-electron chi connectivity index (χ2n) is 7.13. The third-order valence-electron chi connectivity index (χ3n) is 4.86. The molecule has 3 rings (SSSR count). The van der Waals surface area contributed by atoms with Gasteiger partial charge in [0, 0.05) is 24.2 Å². The van der Waals surface area contributed by atoms with Gasteiger partial charge >= 0.3 is 0 Å². The molecule has 0 spiro atoms. The molecule has 25 heavy (non-hydrogen) atoms. The van der Waals surface area contributed by atoms with Crippen molar-refractivity contribution in [2.75, 3.05) is 18.1 Å². The lowest BCUT2D eigenvalue weighted by atomic mass is 9.80. The number of hydrogen-bond donors (Lipinski definition) is 0. The number of carbonyl (C=O) groups is 1. The van der Waals surface area contributed by atoms with Crippen molar-refractivity contribution in [2.45, 2.75) is 52.1 Å². The maximum absolute atomic E-state index is 13.1. The zero-order chi connectivity index (χ0) is 18.0. The van der Waals surface area contributed by atoms with E-state index < -0.39 is 0 Å². The monoisotopic (exact) mass is 358 g/mol. The number of nitrogens with zero attached hydrogens (tertiary/aromatic N) is 2. The second kappa shape index (κ2) is 7.26. The van der Waals surface area contributed by atoms with Crippen LogP contribution < -0.4 is 4.90 Å². The molecule has 0 saturated heterocycles. The van der Waals surface area contributed by atoms with Gasteiger partial charge in [-0.15, -0.1) is 11.3 Å². The normalized spacial score (nSPS) is 17.7. The fourth-order valence-corrected chi connectivity index (χ4v) is 4.26. The molecular formula is C20H26N2O2S. The Labute approximate surface area is 153 Å². The van der Waals surface area contributed by atoms with Crippen LogP contribution >= 0.6 is 11.3 Å². The van der Waals surface area contributed by atoms with E-state index in [1.54, 1.807) is 0 Å². The quantitative estimate of drug-likeness (QED) is 0.776. The predicted octanol–water partition coefficient (Wildman–Crippen LogP) is 4.96. The summed E-state index contributed by atoms with van der Waals surface area (Å²) >= 11 is 1.49. The number of thiazole rings is 1. The zero-order valence-corrected chi connectivity index (χ0v) is 16.2. The zero-order valence-electron chi connectivity index (χ0n) is 15.4. The standard InChI is InChI=1S/C20H26N2O2S/c1-5-24-14(2)18-21-16(13-25-18)19(23)22-12-8-11-20(3,4)15-9-6-7-10-17(15)22/h6-7,9-10,13-14H,5,8,11-12H2,1-4H3. The maximum atomic E-state index is 13.1. The van der Waals surface area contributed by atoms with Gasteiger partial charge in [0.05, 0.1) is 0 Å². The Balaban J connectivity index is 1.92. The largest absolute Gasteiger partial charge is 0.372 e. The van der Waals surface area contributed by atoms with Crippen molar-refractivity contribution in [3.63, 3.8) is 0 Å². The van der Waals surface area contributed by atoms with Gasteiger partial charge in [-0.3, -0.25) is 4.79 Å². The Kier molecular flexibility index (Phi) is 5.25. The Bertz CT molecular complexity index is 754. The van der Waals surface area contributed by atoms with E-state index in [0.29, 0.717) is 12.3 Å². The van der Waals surface area contributed by atoms with E-state index in [4.69, 9.17) is 4.74 Å². The summed E-state index contributed by atoms with van der Waals surface area (Å²) in [6, 6.07) is 8.25. The van der Waals surface area contributed by atoms with Gasteiger partial charge in [0.2, 0.25) is 0 Å². The van der Waals surface area contributed by atoms with Crippen LogP contribution in [0.5, 0.6) is 0 Å². The molecule has 1 aliphatic heterocycles. The van der Waals surface area contributed by atoms with Gasteiger partial charge in [-0.25, -0.2) is 4.98 Å². The molecule has 1 aliphatic rings. The number of rotatable bonds is 4. The van der Waals surface area contributed by atoms with E-state index >= 15 is 0 Å². The predicted molar refractivity (Wildman–Crippen MR) is 103 cm³/mol. The number of aromatic nitrogens is 1. The van der Waals surface area contributed by atoms with E-state index in [0.717, 1.165) is 30.1 Å².